The molecule has 180 valence electrons. The number of carbonyl (C=O) groups excluding carboxylic acids is 1. The molecule has 0 unspecified atom stereocenters. The zero-order chi connectivity index (χ0) is 24.7. The number of ether oxygens (including phenoxy) is 1. The van der Waals surface area contributed by atoms with E-state index in [1.807, 2.05) is 24.3 Å². The molecule has 2 aromatic carbocycles. The molecule has 5 rings (SSSR count). The summed E-state index contributed by atoms with van der Waals surface area (Å²) in [6.45, 7) is 1.82. The lowest BCUT2D eigenvalue weighted by Gasteiger charge is -2.08. The van der Waals surface area contributed by atoms with Gasteiger partial charge in [-0.3, -0.25) is 9.78 Å². The number of benzene rings is 2. The first-order valence-corrected chi connectivity index (χ1v) is 11.0. The third-order valence-electron chi connectivity index (χ3n) is 5.31. The Morgan fingerprint density at radius 2 is 1.92 bits per heavy atom. The molecule has 0 radical (unpaired) electrons. The third-order valence-corrected chi connectivity index (χ3v) is 5.31. The maximum absolute atomic E-state index is 14.6. The van der Waals surface area contributed by atoms with Gasteiger partial charge in [-0.05, 0) is 35.9 Å². The molecule has 11 heteroatoms. The summed E-state index contributed by atoms with van der Waals surface area (Å²) in [5.74, 6) is 0.0739. The summed E-state index contributed by atoms with van der Waals surface area (Å²) in [6.07, 6.45) is 3.25. The van der Waals surface area contributed by atoms with Crippen molar-refractivity contribution in [2.75, 3.05) is 13.2 Å². The number of carbonyl (C=O) groups is 1. The van der Waals surface area contributed by atoms with Crippen molar-refractivity contribution in [1.82, 2.24) is 35.4 Å². The lowest BCUT2D eigenvalue weighted by molar-refractivity contribution is -0.128. The Morgan fingerprint density at radius 1 is 1.06 bits per heavy atom. The van der Waals surface area contributed by atoms with Gasteiger partial charge in [0.1, 0.15) is 23.8 Å². The van der Waals surface area contributed by atoms with Crippen LogP contribution in [0.5, 0.6) is 0 Å². The highest BCUT2D eigenvalue weighted by molar-refractivity contribution is 5.76. The van der Waals surface area contributed by atoms with Crippen molar-refractivity contribution in [2.45, 2.75) is 6.54 Å². The van der Waals surface area contributed by atoms with Crippen molar-refractivity contribution in [3.63, 3.8) is 0 Å². The number of halogens is 1. The SMILES string of the molecule is O=COCCNCc1cccc(-c2noc(-c3nnn(-c4ccccc4F)c3-c3ccncc3)n2)c1. The van der Waals surface area contributed by atoms with Crippen LogP contribution in [0.3, 0.4) is 0 Å². The van der Waals surface area contributed by atoms with Crippen LogP contribution in [0, 0.1) is 5.82 Å². The summed E-state index contributed by atoms with van der Waals surface area (Å²) in [5, 5.41) is 15.8. The fourth-order valence-corrected chi connectivity index (χ4v) is 3.66. The number of para-hydroxylation sites is 1. The molecule has 0 amide bonds. The van der Waals surface area contributed by atoms with Gasteiger partial charge in [0.05, 0.1) is 0 Å². The summed E-state index contributed by atoms with van der Waals surface area (Å²) in [7, 11) is 0. The standard InChI is InChI=1S/C25H20FN7O3/c26-20-6-1-2-7-21(20)33-23(18-8-10-27-11-9-18)22(30-32-33)25-29-24(31-36-25)19-5-3-4-17(14-19)15-28-12-13-35-16-34/h1-11,14,16,28H,12-13,15H2. The fourth-order valence-electron chi connectivity index (χ4n) is 3.66. The van der Waals surface area contributed by atoms with E-state index in [4.69, 9.17) is 4.52 Å². The second-order valence-corrected chi connectivity index (χ2v) is 7.65. The smallest absolute Gasteiger partial charge is 0.293 e. The van der Waals surface area contributed by atoms with Crippen LogP contribution in [-0.2, 0) is 16.1 Å². The molecule has 36 heavy (non-hydrogen) atoms. The summed E-state index contributed by atoms with van der Waals surface area (Å²) < 4.78 is 26.3. The second kappa shape index (κ2) is 10.7. The Kier molecular flexibility index (Phi) is 6.81. The van der Waals surface area contributed by atoms with Gasteiger partial charge in [0.25, 0.3) is 12.4 Å². The van der Waals surface area contributed by atoms with E-state index in [9.17, 15) is 9.18 Å². The van der Waals surface area contributed by atoms with Crippen LogP contribution >= 0.6 is 0 Å². The first kappa shape index (κ1) is 23.0. The number of hydrogen-bond donors (Lipinski definition) is 1. The predicted molar refractivity (Wildman–Crippen MR) is 127 cm³/mol. The first-order valence-electron chi connectivity index (χ1n) is 11.0. The molecule has 0 fully saturated rings. The molecule has 0 bridgehead atoms. The van der Waals surface area contributed by atoms with Crippen LogP contribution in [0.4, 0.5) is 4.39 Å². The maximum atomic E-state index is 14.6. The van der Waals surface area contributed by atoms with E-state index < -0.39 is 5.82 Å². The van der Waals surface area contributed by atoms with E-state index in [2.05, 4.69) is 35.5 Å². The molecule has 0 aliphatic rings. The lowest BCUT2D eigenvalue weighted by Crippen LogP contribution is -2.18. The predicted octanol–water partition coefficient (Wildman–Crippen LogP) is 3.45. The summed E-state index contributed by atoms with van der Waals surface area (Å²) in [6, 6.07) is 17.5. The molecule has 0 atom stereocenters. The van der Waals surface area contributed by atoms with Gasteiger partial charge in [0.2, 0.25) is 5.82 Å². The molecule has 3 aromatic heterocycles. The molecular formula is C25H20FN7O3. The highest BCUT2D eigenvalue weighted by Crippen LogP contribution is 2.32. The minimum Gasteiger partial charge on any atom is -0.467 e. The van der Waals surface area contributed by atoms with Crippen molar-refractivity contribution in [3.05, 3.63) is 84.4 Å². The number of aromatic nitrogens is 6. The fraction of sp³-hybridized carbons (Fsp3) is 0.120. The van der Waals surface area contributed by atoms with Crippen molar-refractivity contribution in [2.24, 2.45) is 0 Å². The monoisotopic (exact) mass is 485 g/mol. The van der Waals surface area contributed by atoms with Gasteiger partial charge in [0, 0.05) is 36.6 Å². The van der Waals surface area contributed by atoms with E-state index in [1.165, 1.54) is 10.7 Å². The number of pyridine rings is 1. The Bertz CT molecular complexity index is 1470. The summed E-state index contributed by atoms with van der Waals surface area (Å²) in [4.78, 5) is 18.8. The van der Waals surface area contributed by atoms with Gasteiger partial charge in [-0.25, -0.2) is 9.07 Å². The molecule has 10 nitrogen and oxygen atoms in total. The molecule has 0 aliphatic carbocycles. The normalized spacial score (nSPS) is 10.9. The molecule has 0 spiro atoms. The first-order chi connectivity index (χ1) is 17.7. The third kappa shape index (κ3) is 4.86. The molecule has 0 saturated heterocycles. The van der Waals surface area contributed by atoms with Crippen LogP contribution in [0.25, 0.3) is 39.9 Å². The highest BCUT2D eigenvalue weighted by atomic mass is 19.1. The Hall–Kier alpha value is -4.77. The highest BCUT2D eigenvalue weighted by Gasteiger charge is 2.24. The largest absolute Gasteiger partial charge is 0.467 e. The minimum atomic E-state index is -0.446. The number of rotatable bonds is 10. The van der Waals surface area contributed by atoms with E-state index in [1.54, 1.807) is 42.7 Å². The Labute approximate surface area is 204 Å². The molecule has 1 N–H and O–H groups in total. The second-order valence-electron chi connectivity index (χ2n) is 7.65. The van der Waals surface area contributed by atoms with Gasteiger partial charge >= 0.3 is 0 Å². The average molecular weight is 485 g/mol. The molecule has 0 saturated carbocycles. The van der Waals surface area contributed by atoms with Gasteiger partial charge < -0.3 is 14.6 Å². The van der Waals surface area contributed by atoms with Gasteiger partial charge in [0.15, 0.2) is 5.69 Å². The maximum Gasteiger partial charge on any atom is 0.293 e. The van der Waals surface area contributed by atoms with Crippen molar-refractivity contribution in [3.8, 4) is 39.9 Å². The topological polar surface area (TPSA) is 121 Å². The molecule has 5 aromatic rings. The van der Waals surface area contributed by atoms with Gasteiger partial charge in [-0.2, -0.15) is 4.98 Å². The summed E-state index contributed by atoms with van der Waals surface area (Å²) in [5.41, 5.74) is 3.50. The van der Waals surface area contributed by atoms with Crippen LogP contribution in [0.15, 0.2) is 77.6 Å². The van der Waals surface area contributed by atoms with Crippen LogP contribution in [-0.4, -0.2) is 49.7 Å². The minimum absolute atomic E-state index is 0.147. The van der Waals surface area contributed by atoms with E-state index in [-0.39, 0.29) is 11.6 Å². The van der Waals surface area contributed by atoms with Crippen LogP contribution < -0.4 is 5.32 Å². The Balaban J connectivity index is 1.47. The lowest BCUT2D eigenvalue weighted by atomic mass is 10.1. The van der Waals surface area contributed by atoms with Crippen molar-refractivity contribution >= 4 is 6.47 Å². The summed E-state index contributed by atoms with van der Waals surface area (Å²) >= 11 is 0. The zero-order valence-electron chi connectivity index (χ0n) is 18.9. The molecule has 0 aliphatic heterocycles. The quantitative estimate of drug-likeness (QED) is 0.234. The Morgan fingerprint density at radius 3 is 2.75 bits per heavy atom. The van der Waals surface area contributed by atoms with Crippen LogP contribution in [0.1, 0.15) is 5.56 Å². The van der Waals surface area contributed by atoms with E-state index in [0.29, 0.717) is 48.9 Å². The van der Waals surface area contributed by atoms with Gasteiger partial charge in [-0.1, -0.05) is 40.7 Å². The number of nitrogens with one attached hydrogen (secondary N) is 1. The van der Waals surface area contributed by atoms with Crippen LogP contribution in [0.2, 0.25) is 0 Å². The number of hydrogen-bond acceptors (Lipinski definition) is 9. The van der Waals surface area contributed by atoms with E-state index in [0.717, 1.165) is 11.1 Å². The molecular weight excluding hydrogens is 465 g/mol. The molecule has 3 heterocycles. The van der Waals surface area contributed by atoms with Crippen molar-refractivity contribution < 1.29 is 18.4 Å². The van der Waals surface area contributed by atoms with Crippen molar-refractivity contribution in [1.29, 1.82) is 0 Å². The number of nitrogens with zero attached hydrogens (tertiary/aromatic N) is 6. The zero-order valence-corrected chi connectivity index (χ0v) is 18.9. The van der Waals surface area contributed by atoms with E-state index >= 15 is 0 Å². The van der Waals surface area contributed by atoms with Gasteiger partial charge in [-0.15, -0.1) is 5.10 Å². The average Bonchev–Trinajstić information content (AvgIpc) is 3.57.